The molecule has 3 aromatic rings. The van der Waals surface area contributed by atoms with Crippen molar-refractivity contribution in [3.8, 4) is 11.5 Å². The van der Waals surface area contributed by atoms with Gasteiger partial charge in [0.1, 0.15) is 5.82 Å². The van der Waals surface area contributed by atoms with Crippen LogP contribution in [0.2, 0.25) is 0 Å². The zero-order chi connectivity index (χ0) is 20.3. The number of fused-ring (bicyclic) bond motifs is 1. The third-order valence-corrected chi connectivity index (χ3v) is 4.31. The minimum atomic E-state index is -0.432. The monoisotopic (exact) mass is 443 g/mol. The molecule has 0 radical (unpaired) electrons. The maximum Gasteiger partial charge on any atom is 0.308 e. The van der Waals surface area contributed by atoms with Crippen LogP contribution in [0.3, 0.4) is 0 Å². The first kappa shape index (κ1) is 19.8. The molecule has 0 atom stereocenters. The lowest BCUT2D eigenvalue weighted by Crippen LogP contribution is -2.20. The smallest absolute Gasteiger partial charge is 0.308 e. The minimum absolute atomic E-state index is 0.262. The Morgan fingerprint density at radius 3 is 2.75 bits per heavy atom. The van der Waals surface area contributed by atoms with E-state index in [4.69, 9.17) is 9.47 Å². The quantitative estimate of drug-likeness (QED) is 0.341. The number of hydrogen-bond donors (Lipinski definition) is 0. The molecule has 144 valence electrons. The Bertz CT molecular complexity index is 1140. The molecule has 28 heavy (non-hydrogen) atoms. The number of hydrogen-bond acceptors (Lipinski definition) is 6. The standard InChI is InChI=1S/C20H18BrN3O4/c1-4-27-19-9-14(5-8-18(19)28-13(3)25)11-22-24-12(2)23-17-7-6-15(21)10-16(17)20(24)26/h5-11H,4H2,1-3H3. The maximum atomic E-state index is 12.8. The molecule has 1 aromatic heterocycles. The first-order valence-corrected chi connectivity index (χ1v) is 9.37. The number of carbonyl (C=O) groups excluding carboxylic acids is 1. The third-order valence-electron chi connectivity index (χ3n) is 3.81. The van der Waals surface area contributed by atoms with E-state index in [1.165, 1.54) is 17.8 Å². The van der Waals surface area contributed by atoms with E-state index < -0.39 is 5.97 Å². The second-order valence-electron chi connectivity index (χ2n) is 5.91. The van der Waals surface area contributed by atoms with Gasteiger partial charge in [0, 0.05) is 11.4 Å². The molecule has 0 saturated heterocycles. The molecule has 0 aliphatic heterocycles. The zero-order valence-corrected chi connectivity index (χ0v) is 17.2. The van der Waals surface area contributed by atoms with Gasteiger partial charge in [0.2, 0.25) is 0 Å². The highest BCUT2D eigenvalue weighted by Gasteiger charge is 2.10. The molecule has 0 aliphatic carbocycles. The van der Waals surface area contributed by atoms with Gasteiger partial charge in [-0.1, -0.05) is 15.9 Å². The Hall–Kier alpha value is -3.00. The molecule has 0 spiro atoms. The van der Waals surface area contributed by atoms with Crippen molar-refractivity contribution in [2.45, 2.75) is 20.8 Å². The van der Waals surface area contributed by atoms with Gasteiger partial charge in [0.05, 0.1) is 23.7 Å². The second kappa shape index (κ2) is 8.35. The van der Waals surface area contributed by atoms with Gasteiger partial charge in [-0.05, 0) is 55.8 Å². The molecule has 0 unspecified atom stereocenters. The molecule has 3 rings (SSSR count). The van der Waals surface area contributed by atoms with Crippen LogP contribution < -0.4 is 15.0 Å². The molecule has 1 heterocycles. The SMILES string of the molecule is CCOc1cc(C=Nn2c(C)nc3ccc(Br)cc3c2=O)ccc1OC(C)=O. The molecule has 0 saturated carbocycles. The van der Waals surface area contributed by atoms with Gasteiger partial charge in [-0.15, -0.1) is 0 Å². The van der Waals surface area contributed by atoms with E-state index in [-0.39, 0.29) is 5.56 Å². The van der Waals surface area contributed by atoms with Gasteiger partial charge in [-0.25, -0.2) is 4.98 Å². The minimum Gasteiger partial charge on any atom is -0.490 e. The highest BCUT2D eigenvalue weighted by atomic mass is 79.9. The number of halogens is 1. The van der Waals surface area contributed by atoms with Crippen molar-refractivity contribution in [3.63, 3.8) is 0 Å². The van der Waals surface area contributed by atoms with Crippen molar-refractivity contribution >= 4 is 39.0 Å². The van der Waals surface area contributed by atoms with E-state index in [2.05, 4.69) is 26.0 Å². The Morgan fingerprint density at radius 1 is 1.25 bits per heavy atom. The number of rotatable bonds is 5. The number of ether oxygens (including phenoxy) is 2. The van der Waals surface area contributed by atoms with Crippen LogP contribution in [0.15, 0.2) is 50.8 Å². The molecular formula is C20H18BrN3O4. The van der Waals surface area contributed by atoms with E-state index in [0.717, 1.165) is 4.47 Å². The van der Waals surface area contributed by atoms with Crippen molar-refractivity contribution in [1.82, 2.24) is 9.66 Å². The van der Waals surface area contributed by atoms with Crippen LogP contribution in [0.5, 0.6) is 11.5 Å². The highest BCUT2D eigenvalue weighted by molar-refractivity contribution is 9.10. The van der Waals surface area contributed by atoms with E-state index in [9.17, 15) is 9.59 Å². The molecule has 0 fully saturated rings. The lowest BCUT2D eigenvalue weighted by atomic mass is 10.2. The number of esters is 1. The van der Waals surface area contributed by atoms with Gasteiger partial charge in [0.25, 0.3) is 5.56 Å². The van der Waals surface area contributed by atoms with Crippen LogP contribution in [-0.4, -0.2) is 28.5 Å². The molecule has 0 amide bonds. The second-order valence-corrected chi connectivity index (χ2v) is 6.83. The largest absolute Gasteiger partial charge is 0.490 e. The maximum absolute atomic E-state index is 12.8. The normalized spacial score (nSPS) is 11.1. The van der Waals surface area contributed by atoms with Crippen molar-refractivity contribution in [2.24, 2.45) is 5.10 Å². The fraction of sp³-hybridized carbons (Fsp3) is 0.200. The van der Waals surface area contributed by atoms with Gasteiger partial charge in [-0.3, -0.25) is 9.59 Å². The predicted molar refractivity (Wildman–Crippen MR) is 110 cm³/mol. The summed E-state index contributed by atoms with van der Waals surface area (Å²) in [5.74, 6) is 0.791. The first-order valence-electron chi connectivity index (χ1n) is 8.57. The number of nitrogens with zero attached hydrogens (tertiary/aromatic N) is 3. The van der Waals surface area contributed by atoms with Crippen LogP contribution in [0.25, 0.3) is 10.9 Å². The van der Waals surface area contributed by atoms with Crippen molar-refractivity contribution < 1.29 is 14.3 Å². The van der Waals surface area contributed by atoms with Crippen LogP contribution in [0.4, 0.5) is 0 Å². The third kappa shape index (κ3) is 4.28. The summed E-state index contributed by atoms with van der Waals surface area (Å²) in [4.78, 5) is 28.4. The van der Waals surface area contributed by atoms with Gasteiger partial charge in [-0.2, -0.15) is 9.78 Å². The fourth-order valence-electron chi connectivity index (χ4n) is 2.63. The Morgan fingerprint density at radius 2 is 2.04 bits per heavy atom. The van der Waals surface area contributed by atoms with Crippen LogP contribution in [0, 0.1) is 6.92 Å². The summed E-state index contributed by atoms with van der Waals surface area (Å²) in [5.41, 5.74) is 1.03. The van der Waals surface area contributed by atoms with Crippen molar-refractivity contribution in [2.75, 3.05) is 6.61 Å². The lowest BCUT2D eigenvalue weighted by molar-refractivity contribution is -0.132. The number of aryl methyl sites for hydroxylation is 1. The summed E-state index contributed by atoms with van der Waals surface area (Å²) < 4.78 is 12.7. The van der Waals surface area contributed by atoms with Crippen molar-refractivity contribution in [3.05, 3.63) is 62.6 Å². The topological polar surface area (TPSA) is 82.8 Å². The van der Waals surface area contributed by atoms with Crippen LogP contribution >= 0.6 is 15.9 Å². The summed E-state index contributed by atoms with van der Waals surface area (Å²) in [6.07, 6.45) is 1.53. The molecule has 7 nitrogen and oxygen atoms in total. The van der Waals surface area contributed by atoms with E-state index in [1.54, 1.807) is 37.3 Å². The lowest BCUT2D eigenvalue weighted by Gasteiger charge is -2.10. The van der Waals surface area contributed by atoms with E-state index in [1.807, 2.05) is 13.0 Å². The van der Waals surface area contributed by atoms with Gasteiger partial charge in [0.15, 0.2) is 11.5 Å². The fourth-order valence-corrected chi connectivity index (χ4v) is 2.99. The Balaban J connectivity index is 2.00. The summed E-state index contributed by atoms with van der Waals surface area (Å²) in [6.45, 7) is 5.29. The number of benzene rings is 2. The summed E-state index contributed by atoms with van der Waals surface area (Å²) >= 11 is 3.37. The molecular weight excluding hydrogens is 426 g/mol. The average molecular weight is 444 g/mol. The molecule has 0 bridgehead atoms. The van der Waals surface area contributed by atoms with Gasteiger partial charge < -0.3 is 9.47 Å². The van der Waals surface area contributed by atoms with Gasteiger partial charge >= 0.3 is 5.97 Å². The summed E-state index contributed by atoms with van der Waals surface area (Å²) in [7, 11) is 0. The van der Waals surface area contributed by atoms with E-state index >= 15 is 0 Å². The molecule has 8 heteroatoms. The zero-order valence-electron chi connectivity index (χ0n) is 15.6. The Kier molecular flexibility index (Phi) is 5.89. The number of aromatic nitrogens is 2. The van der Waals surface area contributed by atoms with Crippen LogP contribution in [0.1, 0.15) is 25.2 Å². The molecule has 0 aliphatic rings. The summed E-state index contributed by atoms with van der Waals surface area (Å²) in [5, 5.41) is 4.76. The van der Waals surface area contributed by atoms with Crippen LogP contribution in [-0.2, 0) is 4.79 Å². The van der Waals surface area contributed by atoms with E-state index in [0.29, 0.717) is 40.4 Å². The first-order chi connectivity index (χ1) is 13.4. The van der Waals surface area contributed by atoms with Crippen molar-refractivity contribution in [1.29, 1.82) is 0 Å². The molecule has 0 N–H and O–H groups in total. The average Bonchev–Trinajstić information content (AvgIpc) is 2.64. The predicted octanol–water partition coefficient (Wildman–Crippen LogP) is 3.67. The highest BCUT2D eigenvalue weighted by Crippen LogP contribution is 2.28. The Labute approximate surface area is 169 Å². The molecule has 2 aromatic carbocycles. The summed E-state index contributed by atoms with van der Waals surface area (Å²) in [6, 6.07) is 10.4. The number of carbonyl (C=O) groups is 1.